The van der Waals surface area contributed by atoms with Gasteiger partial charge in [0.2, 0.25) is 11.5 Å². The first-order chi connectivity index (χ1) is 31.4. The van der Waals surface area contributed by atoms with Crippen molar-refractivity contribution in [2.24, 2.45) is 0 Å². The molecule has 0 saturated carbocycles. The van der Waals surface area contributed by atoms with Gasteiger partial charge in [-0.05, 0) is 12.1 Å². The highest BCUT2D eigenvalue weighted by molar-refractivity contribution is 8.06. The molecule has 1 aromatic rings. The third kappa shape index (κ3) is 11.4. The molecule has 0 fully saturated rings. The third-order valence-electron chi connectivity index (χ3n) is 8.12. The summed E-state index contributed by atoms with van der Waals surface area (Å²) < 4.78 is 194. The van der Waals surface area contributed by atoms with Gasteiger partial charge in [-0.15, -0.1) is 0 Å². The van der Waals surface area contributed by atoms with Gasteiger partial charge in [0.25, 0.3) is 0 Å². The van der Waals surface area contributed by atoms with Gasteiger partial charge in [-0.3, -0.25) is 54.8 Å². The molecule has 0 aliphatic rings. The first-order valence-electron chi connectivity index (χ1n) is 15.3. The molecule has 4 atom stereocenters. The van der Waals surface area contributed by atoms with Crippen LogP contribution in [0.2, 0.25) is 0 Å². The number of hydrogen-bond donors (Lipinski definition) is 28. The molecule has 0 spiro atoms. The van der Waals surface area contributed by atoms with E-state index in [-0.39, 0.29) is 0 Å². The number of rotatable bonds is 24. The maximum atomic E-state index is 14.0. The van der Waals surface area contributed by atoms with Crippen LogP contribution in [0, 0.1) is 0 Å². The zero-order valence-electron chi connectivity index (χ0n) is 33.0. The van der Waals surface area contributed by atoms with E-state index >= 15 is 0 Å². The maximum Gasteiger partial charge on any atom is 0.420 e. The fourth-order valence-corrected chi connectivity index (χ4v) is 41.3. The smallest absolute Gasteiger partial charge is 0.419 e. The molecular formula is C10H30O48P16. The van der Waals surface area contributed by atoms with Gasteiger partial charge in [0.1, 0.15) is 0 Å². The van der Waals surface area contributed by atoms with Gasteiger partial charge < -0.3 is 155 Å². The highest BCUT2D eigenvalue weighted by atomic mass is 31.4. The van der Waals surface area contributed by atoms with Crippen LogP contribution in [0.4, 0.5) is 0 Å². The molecule has 0 aliphatic heterocycles. The van der Waals surface area contributed by atoms with Crippen molar-refractivity contribution < 1.29 is 228 Å². The van der Waals surface area contributed by atoms with E-state index in [1.54, 1.807) is 0 Å². The van der Waals surface area contributed by atoms with Crippen molar-refractivity contribution in [3.8, 4) is 23.0 Å². The van der Waals surface area contributed by atoms with Crippen molar-refractivity contribution >= 4 is 122 Å². The lowest BCUT2D eigenvalue weighted by Crippen LogP contribution is -2.33. The van der Waals surface area contributed by atoms with Crippen LogP contribution in [0.1, 0.15) is 0 Å². The van der Waals surface area contributed by atoms with Crippen LogP contribution in [0.5, 0.6) is 23.0 Å². The van der Waals surface area contributed by atoms with Crippen molar-refractivity contribution in [2.45, 2.75) is 17.5 Å². The molecule has 0 amide bonds. The molecule has 0 heterocycles. The normalized spacial score (nSPS) is 18.8. The first kappa shape index (κ1) is 73.0. The summed E-state index contributed by atoms with van der Waals surface area (Å²) in [6, 6.07) is -2.37. The second kappa shape index (κ2) is 20.4. The molecule has 1 aromatic carbocycles. The highest BCUT2D eigenvalue weighted by Crippen LogP contribution is 2.99. The lowest BCUT2D eigenvalue weighted by Gasteiger charge is -2.39. The van der Waals surface area contributed by atoms with E-state index < -0.39 is 174 Å². The first-order valence-corrected chi connectivity index (χ1v) is 41.0. The summed E-state index contributed by atoms with van der Waals surface area (Å²) in [5, 5.41) is 0. The molecule has 4 unspecified atom stereocenters. The van der Waals surface area contributed by atoms with E-state index in [0.717, 1.165) is 0 Å². The predicted octanol–water partition coefficient (Wildman–Crippen LogP) is -3.48. The summed E-state index contributed by atoms with van der Waals surface area (Å²) in [5.41, 5.74) is 0. The zero-order valence-corrected chi connectivity index (χ0v) is 47.3. The molecule has 438 valence electrons. The Labute approximate surface area is 401 Å². The van der Waals surface area contributed by atoms with Crippen LogP contribution >= 0.6 is 122 Å². The van der Waals surface area contributed by atoms with E-state index in [9.17, 15) is 210 Å². The monoisotopic (exact) mass is 1410 g/mol. The van der Waals surface area contributed by atoms with Gasteiger partial charge in [-0.2, -0.15) is 0 Å². The summed E-state index contributed by atoms with van der Waals surface area (Å²) in [5.74, 6) is -14.7. The van der Waals surface area contributed by atoms with Crippen molar-refractivity contribution in [1.29, 1.82) is 0 Å². The molecule has 0 saturated heterocycles. The Hall–Kier alpha value is 0.980. The molecule has 0 bridgehead atoms. The summed E-state index contributed by atoms with van der Waals surface area (Å²) in [7, 11) is -133. The van der Waals surface area contributed by atoms with Crippen LogP contribution in [-0.4, -0.2) is 155 Å². The van der Waals surface area contributed by atoms with E-state index in [1.165, 1.54) is 0 Å². The molecular weight excluding hydrogens is 1380 g/mol. The Kier molecular flexibility index (Phi) is 20.1. The largest absolute Gasteiger partial charge is 0.420 e. The molecule has 0 aromatic heterocycles. The minimum absolute atomic E-state index is 1.18. The van der Waals surface area contributed by atoms with Crippen LogP contribution < -0.4 is 18.1 Å². The van der Waals surface area contributed by atoms with E-state index in [2.05, 4.69) is 18.1 Å². The fraction of sp³-hybridized carbons (Fsp3) is 0.400. The van der Waals surface area contributed by atoms with Gasteiger partial charge in [-0.1, -0.05) is 0 Å². The average Bonchev–Trinajstić information content (AvgIpc) is 2.94. The summed E-state index contributed by atoms with van der Waals surface area (Å²) in [4.78, 5) is 279. The van der Waals surface area contributed by atoms with Crippen LogP contribution in [0.15, 0.2) is 12.1 Å². The Bertz CT molecular complexity index is 2810. The number of benzene rings is 1. The Morgan fingerprint density at radius 3 is 0.432 bits per heavy atom. The lowest BCUT2D eigenvalue weighted by atomic mass is 10.3. The summed E-state index contributed by atoms with van der Waals surface area (Å²) in [6.45, 7) is 0. The fourth-order valence-electron chi connectivity index (χ4n) is 5.61. The minimum Gasteiger partial charge on any atom is -0.419 e. The Morgan fingerprint density at radius 1 is 0.216 bits per heavy atom. The van der Waals surface area contributed by atoms with Crippen molar-refractivity contribution in [2.75, 3.05) is 0 Å². The van der Waals surface area contributed by atoms with Gasteiger partial charge >= 0.3 is 139 Å². The third-order valence-corrected chi connectivity index (χ3v) is 59.5. The van der Waals surface area contributed by atoms with Crippen molar-refractivity contribution in [3.63, 3.8) is 0 Å². The molecule has 28 N–H and O–H groups in total. The van der Waals surface area contributed by atoms with Gasteiger partial charge in [0, 0.05) is 0 Å². The van der Waals surface area contributed by atoms with Crippen LogP contribution in [0.25, 0.3) is 0 Å². The number of hydrogen-bond acceptors (Lipinski definition) is 20. The molecule has 74 heavy (non-hydrogen) atoms. The molecule has 0 aliphatic carbocycles. The second-order valence-electron chi connectivity index (χ2n) is 13.1. The molecule has 48 nitrogen and oxygen atoms in total. The second-order valence-corrected chi connectivity index (χ2v) is 50.2. The minimum atomic E-state index is -8.94. The maximum absolute atomic E-state index is 14.0. The predicted molar refractivity (Wildman–Crippen MR) is 224 cm³/mol. The molecule has 0 radical (unpaired) electrons. The SMILES string of the molecule is O=P(O)(O)C(P(=O)(O)O)(P(=O)(O)O)P(=O)(O)Oc1ccc(OP(=O)(O)C(P(=O)(O)O)(P(=O)(O)O)P(=O)(O)O)c(OP(=O)(O)C(P(=O)(O)O)(P(=O)(O)O)P(=O)(O)O)c1OP(=O)(O)C(P(=O)(O)O)(P(=O)(O)O)P(=O)(O)O. The molecule has 64 heteroatoms. The quantitative estimate of drug-likeness (QED) is 0.0447. The van der Waals surface area contributed by atoms with Crippen molar-refractivity contribution in [3.05, 3.63) is 12.1 Å². The molecule has 1 rings (SSSR count). The standard InChI is InChI=1S/C10H30O48P16/c11-59(12,13)7(60(14,15)16,61(17,18)19)71(47,48)55-3-1-2-4(56-72(49,50)8(62(20,21)22,63(23,24)25)64(26,27)28)6(58-74(53,54)10(68(38,39)40,69(41,42)43)70(44,45)46)5(3)57-73(51,52)9(65(29,30)31,66(32,33)34)67(35,36)37/h1-2H,(H,47,48)(H,49,50)(H,51,52)(H,53,54)(H2,11,12,13)(H2,14,15,16)(H2,17,18,19)(H2,20,21,22)(H2,23,24,25)(H2,26,27,28)(H2,29,30,31)(H2,32,33,34)(H2,35,36,37)(H2,38,39,40)(H2,41,42,43)(H2,44,45,46). The zero-order chi connectivity index (χ0) is 60.6. The van der Waals surface area contributed by atoms with Crippen molar-refractivity contribution in [1.82, 2.24) is 0 Å². The highest BCUT2D eigenvalue weighted by Gasteiger charge is 2.88. The van der Waals surface area contributed by atoms with E-state index in [4.69, 9.17) is 0 Å². The van der Waals surface area contributed by atoms with Gasteiger partial charge in [0.15, 0.2) is 11.5 Å². The Balaban J connectivity index is 5.77. The van der Waals surface area contributed by atoms with Crippen LogP contribution in [0.3, 0.4) is 0 Å². The van der Waals surface area contributed by atoms with E-state index in [0.29, 0.717) is 0 Å². The lowest BCUT2D eigenvalue weighted by molar-refractivity contribution is 0.278. The summed E-state index contributed by atoms with van der Waals surface area (Å²) >= 11 is 0. The van der Waals surface area contributed by atoms with E-state index in [1.807, 2.05) is 0 Å². The van der Waals surface area contributed by atoms with Gasteiger partial charge in [0.05, 0.1) is 0 Å². The Morgan fingerprint density at radius 2 is 0.324 bits per heavy atom. The van der Waals surface area contributed by atoms with Crippen LogP contribution in [-0.2, 0) is 73.0 Å². The summed E-state index contributed by atoms with van der Waals surface area (Å²) in [6.07, 6.45) is 0. The topological polar surface area (TPSA) is 876 Å². The van der Waals surface area contributed by atoms with Gasteiger partial charge in [-0.25, -0.2) is 18.3 Å². The average molecular weight is 1410 g/mol.